The van der Waals surface area contributed by atoms with E-state index < -0.39 is 0 Å². The molecule has 2 aromatic heterocycles. The summed E-state index contributed by atoms with van der Waals surface area (Å²) in [7, 11) is 0. The lowest BCUT2D eigenvalue weighted by molar-refractivity contribution is 0.428. The van der Waals surface area contributed by atoms with Gasteiger partial charge in [-0.3, -0.25) is 9.78 Å². The van der Waals surface area contributed by atoms with Crippen LogP contribution in [-0.2, 0) is 0 Å². The molecule has 0 aliphatic heterocycles. The lowest BCUT2D eigenvalue weighted by Gasteiger charge is -2.21. The maximum Gasteiger partial charge on any atom is 0.273 e. The number of nitrogens with zero attached hydrogens (tertiary/aromatic N) is 2. The van der Waals surface area contributed by atoms with Crippen LogP contribution in [0.25, 0.3) is 11.3 Å². The van der Waals surface area contributed by atoms with E-state index >= 15 is 0 Å². The van der Waals surface area contributed by atoms with Crippen LogP contribution in [0.1, 0.15) is 43.8 Å². The third-order valence-electron chi connectivity index (χ3n) is 3.74. The number of pyridine rings is 1. The molecule has 2 aromatic rings. The lowest BCUT2D eigenvalue weighted by Crippen LogP contribution is -2.16. The molecule has 98 valence electrons. The molecule has 0 unspecified atom stereocenters. The third kappa shape index (κ3) is 2.72. The van der Waals surface area contributed by atoms with E-state index in [1.165, 1.54) is 19.3 Å². The van der Waals surface area contributed by atoms with Gasteiger partial charge in [0.25, 0.3) is 5.56 Å². The molecule has 0 aromatic carbocycles. The molecule has 1 aliphatic rings. The van der Waals surface area contributed by atoms with Crippen molar-refractivity contribution in [3.63, 3.8) is 0 Å². The van der Waals surface area contributed by atoms with Crippen molar-refractivity contribution in [2.45, 2.75) is 38.0 Å². The van der Waals surface area contributed by atoms with Gasteiger partial charge in [-0.25, -0.2) is 0 Å². The van der Waals surface area contributed by atoms with E-state index in [2.05, 4.69) is 15.0 Å². The van der Waals surface area contributed by atoms with E-state index in [0.717, 1.165) is 29.9 Å². The first-order valence-corrected chi connectivity index (χ1v) is 6.84. The van der Waals surface area contributed by atoms with Crippen LogP contribution in [0.15, 0.2) is 35.4 Å². The second-order valence-corrected chi connectivity index (χ2v) is 5.09. The van der Waals surface area contributed by atoms with Crippen molar-refractivity contribution in [3.8, 4) is 11.3 Å². The van der Waals surface area contributed by atoms with Crippen LogP contribution in [0.5, 0.6) is 0 Å². The Morgan fingerprint density at radius 1 is 1.11 bits per heavy atom. The van der Waals surface area contributed by atoms with Gasteiger partial charge in [-0.1, -0.05) is 19.3 Å². The monoisotopic (exact) mass is 255 g/mol. The molecule has 4 heteroatoms. The van der Waals surface area contributed by atoms with E-state index in [1.807, 2.05) is 12.1 Å². The Bertz CT molecular complexity index is 600. The SMILES string of the molecule is O=c1cc(-c2ccncc2)[nH]c(C2CCCCC2)n1. The highest BCUT2D eigenvalue weighted by atomic mass is 16.1. The standard InChI is InChI=1S/C15H17N3O/c19-14-10-13(11-6-8-16-9-7-11)17-15(18-14)12-4-2-1-3-5-12/h6-10,12H,1-5H2,(H,17,18,19). The maximum absolute atomic E-state index is 11.8. The third-order valence-corrected chi connectivity index (χ3v) is 3.74. The van der Waals surface area contributed by atoms with Crippen LogP contribution in [0.3, 0.4) is 0 Å². The van der Waals surface area contributed by atoms with Crippen LogP contribution < -0.4 is 5.56 Å². The van der Waals surface area contributed by atoms with Gasteiger partial charge in [0.1, 0.15) is 5.82 Å². The minimum Gasteiger partial charge on any atom is -0.343 e. The van der Waals surface area contributed by atoms with Gasteiger partial charge in [-0.05, 0) is 25.0 Å². The topological polar surface area (TPSA) is 58.6 Å². The smallest absolute Gasteiger partial charge is 0.273 e. The zero-order chi connectivity index (χ0) is 13.1. The Kier molecular flexibility index (Phi) is 3.40. The normalized spacial score (nSPS) is 16.4. The minimum absolute atomic E-state index is 0.161. The van der Waals surface area contributed by atoms with Crippen LogP contribution in [0, 0.1) is 0 Å². The predicted octanol–water partition coefficient (Wildman–Crippen LogP) is 2.88. The number of nitrogens with one attached hydrogen (secondary N) is 1. The zero-order valence-corrected chi connectivity index (χ0v) is 10.8. The second kappa shape index (κ2) is 5.34. The van der Waals surface area contributed by atoms with Crippen molar-refractivity contribution < 1.29 is 0 Å². The molecule has 19 heavy (non-hydrogen) atoms. The van der Waals surface area contributed by atoms with E-state index in [0.29, 0.717) is 5.92 Å². The van der Waals surface area contributed by atoms with E-state index in [-0.39, 0.29) is 5.56 Å². The average Bonchev–Trinajstić information content (AvgIpc) is 2.48. The van der Waals surface area contributed by atoms with Gasteiger partial charge >= 0.3 is 0 Å². The van der Waals surface area contributed by atoms with Gasteiger partial charge < -0.3 is 4.98 Å². The molecule has 0 saturated heterocycles. The first-order chi connectivity index (χ1) is 9.33. The molecule has 1 N–H and O–H groups in total. The first-order valence-electron chi connectivity index (χ1n) is 6.84. The first kappa shape index (κ1) is 12.1. The Balaban J connectivity index is 1.98. The minimum atomic E-state index is -0.161. The Labute approximate surface area is 111 Å². The average molecular weight is 255 g/mol. The molecule has 0 amide bonds. The predicted molar refractivity (Wildman–Crippen MR) is 73.9 cm³/mol. The van der Waals surface area contributed by atoms with Crippen LogP contribution >= 0.6 is 0 Å². The summed E-state index contributed by atoms with van der Waals surface area (Å²) in [4.78, 5) is 23.3. The van der Waals surface area contributed by atoms with Crippen LogP contribution in [0.4, 0.5) is 0 Å². The fourth-order valence-electron chi connectivity index (χ4n) is 2.73. The molecular weight excluding hydrogens is 238 g/mol. The van der Waals surface area contributed by atoms with Gasteiger partial charge in [-0.15, -0.1) is 0 Å². The van der Waals surface area contributed by atoms with E-state index in [4.69, 9.17) is 0 Å². The summed E-state index contributed by atoms with van der Waals surface area (Å²) >= 11 is 0. The molecule has 1 saturated carbocycles. The number of H-pyrrole nitrogens is 1. The summed E-state index contributed by atoms with van der Waals surface area (Å²) in [6, 6.07) is 5.35. The molecular formula is C15H17N3O. The van der Waals surface area contributed by atoms with Gasteiger partial charge in [0, 0.05) is 29.9 Å². The van der Waals surface area contributed by atoms with Crippen LogP contribution in [-0.4, -0.2) is 15.0 Å². The molecule has 1 fully saturated rings. The molecule has 4 nitrogen and oxygen atoms in total. The molecule has 0 bridgehead atoms. The number of aromatic amines is 1. The van der Waals surface area contributed by atoms with Crippen molar-refractivity contribution in [1.82, 2.24) is 15.0 Å². The molecule has 0 radical (unpaired) electrons. The van der Waals surface area contributed by atoms with Crippen LogP contribution in [0.2, 0.25) is 0 Å². The second-order valence-electron chi connectivity index (χ2n) is 5.09. The van der Waals surface area contributed by atoms with Crippen molar-refractivity contribution in [1.29, 1.82) is 0 Å². The number of hydrogen-bond donors (Lipinski definition) is 1. The summed E-state index contributed by atoms with van der Waals surface area (Å²) in [5, 5.41) is 0. The number of hydrogen-bond acceptors (Lipinski definition) is 3. The Hall–Kier alpha value is -1.97. The van der Waals surface area contributed by atoms with Crippen molar-refractivity contribution in [2.75, 3.05) is 0 Å². The maximum atomic E-state index is 11.8. The van der Waals surface area contributed by atoms with Crippen molar-refractivity contribution >= 4 is 0 Å². The van der Waals surface area contributed by atoms with Gasteiger partial charge in [0.15, 0.2) is 0 Å². The molecule has 1 aliphatic carbocycles. The highest BCUT2D eigenvalue weighted by Gasteiger charge is 2.18. The molecule has 0 atom stereocenters. The lowest BCUT2D eigenvalue weighted by atomic mass is 9.88. The fraction of sp³-hybridized carbons (Fsp3) is 0.400. The van der Waals surface area contributed by atoms with Gasteiger partial charge in [0.05, 0.1) is 5.69 Å². The summed E-state index contributed by atoms with van der Waals surface area (Å²) < 4.78 is 0. The Morgan fingerprint density at radius 2 is 1.84 bits per heavy atom. The highest BCUT2D eigenvalue weighted by molar-refractivity contribution is 5.57. The summed E-state index contributed by atoms with van der Waals surface area (Å²) in [5.41, 5.74) is 1.65. The quantitative estimate of drug-likeness (QED) is 0.897. The zero-order valence-electron chi connectivity index (χ0n) is 10.8. The molecule has 2 heterocycles. The fourth-order valence-corrected chi connectivity index (χ4v) is 2.73. The van der Waals surface area contributed by atoms with Crippen molar-refractivity contribution in [3.05, 3.63) is 46.8 Å². The highest BCUT2D eigenvalue weighted by Crippen LogP contribution is 2.30. The summed E-state index contributed by atoms with van der Waals surface area (Å²) in [6.07, 6.45) is 9.47. The van der Waals surface area contributed by atoms with E-state index in [1.54, 1.807) is 18.5 Å². The molecule has 3 rings (SSSR count). The van der Waals surface area contributed by atoms with Crippen molar-refractivity contribution in [2.24, 2.45) is 0 Å². The summed E-state index contributed by atoms with van der Waals surface area (Å²) in [5.74, 6) is 1.25. The number of aromatic nitrogens is 3. The van der Waals surface area contributed by atoms with Gasteiger partial charge in [-0.2, -0.15) is 4.98 Å². The Morgan fingerprint density at radius 3 is 2.58 bits per heavy atom. The molecule has 0 spiro atoms. The largest absolute Gasteiger partial charge is 0.343 e. The van der Waals surface area contributed by atoms with Gasteiger partial charge in [0.2, 0.25) is 0 Å². The van der Waals surface area contributed by atoms with E-state index in [9.17, 15) is 4.79 Å². The summed E-state index contributed by atoms with van der Waals surface area (Å²) in [6.45, 7) is 0. The number of rotatable bonds is 2.